The van der Waals surface area contributed by atoms with Crippen molar-refractivity contribution in [3.63, 3.8) is 0 Å². The minimum atomic E-state index is -1.22. The number of carbonyl (C=O) groups is 2. The zero-order chi connectivity index (χ0) is 19.3. The Labute approximate surface area is 163 Å². The van der Waals surface area contributed by atoms with Crippen LogP contribution in [0.15, 0.2) is 0 Å². The molecule has 0 aromatic heterocycles. The molecule has 27 heavy (non-hydrogen) atoms. The van der Waals surface area contributed by atoms with Gasteiger partial charge >= 0.3 is 0 Å². The lowest BCUT2D eigenvalue weighted by atomic mass is 9.90. The molecule has 0 bridgehead atoms. The van der Waals surface area contributed by atoms with Gasteiger partial charge in [-0.15, -0.1) is 0 Å². The molecule has 0 spiro atoms. The van der Waals surface area contributed by atoms with E-state index in [-0.39, 0.29) is 11.8 Å². The van der Waals surface area contributed by atoms with Crippen LogP contribution < -0.4 is 0 Å². The highest BCUT2D eigenvalue weighted by Crippen LogP contribution is 2.24. The maximum absolute atomic E-state index is 12.9. The Morgan fingerprint density at radius 1 is 0.778 bits per heavy atom. The molecule has 0 atom stereocenters. The molecule has 3 rings (SSSR count). The molecule has 0 aromatic rings. The monoisotopic (exact) mass is 380 g/mol. The quantitative estimate of drug-likeness (QED) is 0.767. The van der Waals surface area contributed by atoms with Crippen LogP contribution in [-0.4, -0.2) is 108 Å². The number of nitrogens with zero attached hydrogens (tertiary/aromatic N) is 4. The summed E-state index contributed by atoms with van der Waals surface area (Å²) in [7, 11) is 2.02. The Kier molecular flexibility index (Phi) is 7.11. The van der Waals surface area contributed by atoms with Crippen LogP contribution >= 0.6 is 0 Å². The Balaban J connectivity index is 1.50. The van der Waals surface area contributed by atoms with Crippen molar-refractivity contribution in [2.24, 2.45) is 0 Å². The number of carbonyl (C=O) groups excluding carboxylic acids is 2. The molecule has 0 aliphatic carbocycles. The topological polar surface area (TPSA) is 67.3 Å². The lowest BCUT2D eigenvalue weighted by Gasteiger charge is -2.38. The van der Waals surface area contributed by atoms with E-state index in [2.05, 4.69) is 9.80 Å². The third kappa shape index (κ3) is 5.42. The summed E-state index contributed by atoms with van der Waals surface area (Å²) in [4.78, 5) is 33.8. The van der Waals surface area contributed by atoms with Crippen LogP contribution in [0.3, 0.4) is 0 Å². The van der Waals surface area contributed by atoms with E-state index in [4.69, 9.17) is 0 Å². The highest BCUT2D eigenvalue weighted by molar-refractivity contribution is 5.85. The number of hydrogen-bond acceptors (Lipinski definition) is 5. The number of hydrogen-bond donors (Lipinski definition) is 1. The van der Waals surface area contributed by atoms with E-state index in [0.717, 1.165) is 32.6 Å². The van der Waals surface area contributed by atoms with E-state index < -0.39 is 5.60 Å². The Bertz CT molecular complexity index is 511. The van der Waals surface area contributed by atoms with E-state index in [1.54, 1.807) is 4.90 Å². The minimum absolute atomic E-state index is 0.141. The third-order valence-corrected chi connectivity index (χ3v) is 6.41. The summed E-state index contributed by atoms with van der Waals surface area (Å²) in [5, 5.41) is 10.8. The Morgan fingerprint density at radius 2 is 1.37 bits per heavy atom. The number of aliphatic hydroxyl groups is 1. The number of amides is 2. The second-order valence-electron chi connectivity index (χ2n) is 8.55. The van der Waals surface area contributed by atoms with Gasteiger partial charge < -0.3 is 19.8 Å². The van der Waals surface area contributed by atoms with Crippen LogP contribution in [0.25, 0.3) is 0 Å². The fourth-order valence-corrected chi connectivity index (χ4v) is 4.45. The fourth-order valence-electron chi connectivity index (χ4n) is 4.45. The van der Waals surface area contributed by atoms with E-state index in [0.29, 0.717) is 45.6 Å². The predicted octanol–water partition coefficient (Wildman–Crippen LogP) is 0.380. The highest BCUT2D eigenvalue weighted by Gasteiger charge is 2.41. The lowest BCUT2D eigenvalue weighted by Crippen LogP contribution is -2.55. The van der Waals surface area contributed by atoms with Crippen LogP contribution in [0.1, 0.15) is 44.9 Å². The SMILES string of the molecule is CN1CCC(O)(C(=O)N2CCCN(C(=O)CN3CCCCCC3)CC2)CC1. The molecule has 3 fully saturated rings. The highest BCUT2D eigenvalue weighted by atomic mass is 16.3. The Hall–Kier alpha value is -1.18. The number of likely N-dealkylation sites (tertiary alicyclic amines) is 2. The first-order valence-electron chi connectivity index (χ1n) is 10.7. The van der Waals surface area contributed by atoms with Crippen molar-refractivity contribution in [3.8, 4) is 0 Å². The second kappa shape index (κ2) is 9.34. The molecule has 0 unspecified atom stereocenters. The molecule has 3 heterocycles. The van der Waals surface area contributed by atoms with Crippen molar-refractivity contribution in [2.75, 3.05) is 66.0 Å². The summed E-state index contributed by atoms with van der Waals surface area (Å²) in [6.45, 7) is 6.48. The van der Waals surface area contributed by atoms with E-state index in [1.807, 2.05) is 11.9 Å². The van der Waals surface area contributed by atoms with E-state index in [9.17, 15) is 14.7 Å². The molecule has 154 valence electrons. The molecule has 3 saturated heterocycles. The Morgan fingerprint density at radius 3 is 2.04 bits per heavy atom. The van der Waals surface area contributed by atoms with Crippen LogP contribution in [0.2, 0.25) is 0 Å². The van der Waals surface area contributed by atoms with Gasteiger partial charge in [0.15, 0.2) is 0 Å². The van der Waals surface area contributed by atoms with Crippen molar-refractivity contribution in [3.05, 3.63) is 0 Å². The van der Waals surface area contributed by atoms with Crippen LogP contribution in [0.5, 0.6) is 0 Å². The molecular formula is C20H36N4O3. The second-order valence-corrected chi connectivity index (χ2v) is 8.55. The van der Waals surface area contributed by atoms with Gasteiger partial charge in [0, 0.05) is 39.3 Å². The average molecular weight is 381 g/mol. The molecule has 7 nitrogen and oxygen atoms in total. The van der Waals surface area contributed by atoms with Gasteiger partial charge in [0.25, 0.3) is 5.91 Å². The number of piperidine rings is 1. The fraction of sp³-hybridized carbons (Fsp3) is 0.900. The molecule has 2 amide bonds. The van der Waals surface area contributed by atoms with Gasteiger partial charge in [0.05, 0.1) is 6.54 Å². The molecule has 0 radical (unpaired) electrons. The van der Waals surface area contributed by atoms with Crippen molar-refractivity contribution < 1.29 is 14.7 Å². The van der Waals surface area contributed by atoms with Crippen molar-refractivity contribution in [1.29, 1.82) is 0 Å². The normalized spacial score (nSPS) is 25.7. The maximum atomic E-state index is 12.9. The predicted molar refractivity (Wildman–Crippen MR) is 104 cm³/mol. The summed E-state index contributed by atoms with van der Waals surface area (Å²) in [6, 6.07) is 0. The van der Waals surface area contributed by atoms with Gasteiger partial charge in [0.2, 0.25) is 5.91 Å². The largest absolute Gasteiger partial charge is 0.380 e. The van der Waals surface area contributed by atoms with Crippen LogP contribution in [-0.2, 0) is 9.59 Å². The van der Waals surface area contributed by atoms with Gasteiger partial charge in [-0.25, -0.2) is 0 Å². The lowest BCUT2D eigenvalue weighted by molar-refractivity contribution is -0.156. The summed E-state index contributed by atoms with van der Waals surface area (Å²) in [5.41, 5.74) is -1.22. The van der Waals surface area contributed by atoms with Crippen LogP contribution in [0, 0.1) is 0 Å². The van der Waals surface area contributed by atoms with Gasteiger partial charge in [-0.2, -0.15) is 0 Å². The summed E-state index contributed by atoms with van der Waals surface area (Å²) in [5.74, 6) is 0.0432. The molecule has 7 heteroatoms. The smallest absolute Gasteiger partial charge is 0.254 e. The summed E-state index contributed by atoms with van der Waals surface area (Å²) >= 11 is 0. The first-order valence-corrected chi connectivity index (χ1v) is 10.7. The van der Waals surface area contributed by atoms with Gasteiger partial charge in [-0.3, -0.25) is 14.5 Å². The van der Waals surface area contributed by atoms with Gasteiger partial charge in [-0.05, 0) is 52.2 Å². The van der Waals surface area contributed by atoms with Gasteiger partial charge in [0.1, 0.15) is 5.60 Å². The first kappa shape index (κ1) is 20.6. The number of rotatable bonds is 3. The molecule has 3 aliphatic rings. The van der Waals surface area contributed by atoms with Crippen molar-refractivity contribution >= 4 is 11.8 Å². The third-order valence-electron chi connectivity index (χ3n) is 6.41. The van der Waals surface area contributed by atoms with Crippen molar-refractivity contribution in [2.45, 2.75) is 50.5 Å². The maximum Gasteiger partial charge on any atom is 0.254 e. The molecular weight excluding hydrogens is 344 g/mol. The zero-order valence-electron chi connectivity index (χ0n) is 16.9. The average Bonchev–Trinajstić information content (AvgIpc) is 3.06. The standard InChI is InChI=1S/C20H36N4O3/c1-21-13-7-20(27,8-14-21)19(26)24-12-6-11-23(15-16-24)18(25)17-22-9-4-2-3-5-10-22/h27H,2-17H2,1H3. The first-order chi connectivity index (χ1) is 13.0. The zero-order valence-corrected chi connectivity index (χ0v) is 16.9. The summed E-state index contributed by atoms with van der Waals surface area (Å²) in [6.07, 6.45) is 6.68. The van der Waals surface area contributed by atoms with E-state index in [1.165, 1.54) is 25.7 Å². The summed E-state index contributed by atoms with van der Waals surface area (Å²) < 4.78 is 0. The van der Waals surface area contributed by atoms with Crippen molar-refractivity contribution in [1.82, 2.24) is 19.6 Å². The van der Waals surface area contributed by atoms with Crippen LogP contribution in [0.4, 0.5) is 0 Å². The molecule has 0 saturated carbocycles. The molecule has 0 aromatic carbocycles. The van der Waals surface area contributed by atoms with Gasteiger partial charge in [-0.1, -0.05) is 12.8 Å². The van der Waals surface area contributed by atoms with E-state index >= 15 is 0 Å². The molecule has 1 N–H and O–H groups in total. The molecule has 3 aliphatic heterocycles. The minimum Gasteiger partial charge on any atom is -0.380 e.